The maximum atomic E-state index is 11.5. The van der Waals surface area contributed by atoms with E-state index in [1.807, 2.05) is 44.2 Å². The number of rotatable bonds is 7. The minimum atomic E-state index is -0.467. The lowest BCUT2D eigenvalue weighted by Gasteiger charge is -2.14. The van der Waals surface area contributed by atoms with E-state index >= 15 is 0 Å². The van der Waals surface area contributed by atoms with Gasteiger partial charge in [0.25, 0.3) is 0 Å². The van der Waals surface area contributed by atoms with Crippen molar-refractivity contribution >= 4 is 24.0 Å². The molecule has 0 heterocycles. The lowest BCUT2D eigenvalue weighted by Crippen LogP contribution is -2.36. The fourth-order valence-corrected chi connectivity index (χ4v) is 1.66. The SMILES string of the molecule is CC(C)CC(O)CNC(=O)CNc1ccccc1.Cl. The van der Waals surface area contributed by atoms with Crippen molar-refractivity contribution in [1.29, 1.82) is 0 Å². The van der Waals surface area contributed by atoms with E-state index in [1.54, 1.807) is 0 Å². The molecule has 108 valence electrons. The van der Waals surface area contributed by atoms with E-state index in [9.17, 15) is 9.90 Å². The van der Waals surface area contributed by atoms with Crippen LogP contribution in [0.3, 0.4) is 0 Å². The minimum Gasteiger partial charge on any atom is -0.391 e. The molecule has 19 heavy (non-hydrogen) atoms. The van der Waals surface area contributed by atoms with Crippen LogP contribution < -0.4 is 10.6 Å². The Morgan fingerprint density at radius 2 is 1.89 bits per heavy atom. The van der Waals surface area contributed by atoms with Crippen molar-refractivity contribution < 1.29 is 9.90 Å². The Labute approximate surface area is 121 Å². The molecule has 0 aliphatic heterocycles. The molecule has 1 aromatic rings. The zero-order chi connectivity index (χ0) is 13.4. The van der Waals surface area contributed by atoms with Crippen molar-refractivity contribution in [3.05, 3.63) is 30.3 Å². The summed E-state index contributed by atoms with van der Waals surface area (Å²) < 4.78 is 0. The van der Waals surface area contributed by atoms with Crippen LogP contribution in [0.25, 0.3) is 0 Å². The van der Waals surface area contributed by atoms with Crippen molar-refractivity contribution in [2.75, 3.05) is 18.4 Å². The Morgan fingerprint density at radius 1 is 1.26 bits per heavy atom. The predicted molar refractivity (Wildman–Crippen MR) is 80.7 cm³/mol. The lowest BCUT2D eigenvalue weighted by molar-refractivity contribution is -0.119. The van der Waals surface area contributed by atoms with Gasteiger partial charge in [0.05, 0.1) is 12.6 Å². The highest BCUT2D eigenvalue weighted by molar-refractivity contribution is 5.85. The summed E-state index contributed by atoms with van der Waals surface area (Å²) in [6, 6.07) is 9.55. The number of halogens is 1. The van der Waals surface area contributed by atoms with Gasteiger partial charge in [-0.05, 0) is 24.5 Å². The summed E-state index contributed by atoms with van der Waals surface area (Å²) in [7, 11) is 0. The molecule has 0 aromatic heterocycles. The van der Waals surface area contributed by atoms with Crippen molar-refractivity contribution in [3.8, 4) is 0 Å². The van der Waals surface area contributed by atoms with Crippen molar-refractivity contribution in [2.45, 2.75) is 26.4 Å². The van der Waals surface area contributed by atoms with Crippen LogP contribution >= 0.6 is 12.4 Å². The molecule has 1 rings (SSSR count). The molecular formula is C14H23ClN2O2. The summed E-state index contributed by atoms with van der Waals surface area (Å²) in [6.07, 6.45) is 0.234. The Hall–Kier alpha value is -1.26. The summed E-state index contributed by atoms with van der Waals surface area (Å²) in [5.41, 5.74) is 0.912. The number of anilines is 1. The third kappa shape index (κ3) is 8.46. The zero-order valence-corrected chi connectivity index (χ0v) is 12.2. The van der Waals surface area contributed by atoms with E-state index < -0.39 is 6.10 Å². The highest BCUT2D eigenvalue weighted by Crippen LogP contribution is 2.04. The smallest absolute Gasteiger partial charge is 0.239 e. The number of hydrogen-bond acceptors (Lipinski definition) is 3. The van der Waals surface area contributed by atoms with Crippen LogP contribution in [-0.4, -0.2) is 30.2 Å². The highest BCUT2D eigenvalue weighted by atomic mass is 35.5. The van der Waals surface area contributed by atoms with Gasteiger partial charge in [0.2, 0.25) is 5.91 Å². The number of nitrogens with one attached hydrogen (secondary N) is 2. The fourth-order valence-electron chi connectivity index (χ4n) is 1.66. The molecule has 0 spiro atoms. The standard InChI is InChI=1S/C14H22N2O2.ClH/c1-11(2)8-13(17)9-16-14(18)10-15-12-6-4-3-5-7-12;/h3-7,11,13,15,17H,8-10H2,1-2H3,(H,16,18);1H. The summed E-state index contributed by atoms with van der Waals surface area (Å²) >= 11 is 0. The number of para-hydroxylation sites is 1. The van der Waals surface area contributed by atoms with Gasteiger partial charge in [-0.3, -0.25) is 4.79 Å². The second-order valence-corrected chi connectivity index (χ2v) is 4.81. The molecule has 0 aliphatic carbocycles. The number of aliphatic hydroxyl groups excluding tert-OH is 1. The second kappa shape index (κ2) is 9.64. The Morgan fingerprint density at radius 3 is 2.47 bits per heavy atom. The first kappa shape index (κ1) is 17.7. The molecule has 1 aromatic carbocycles. The van der Waals surface area contributed by atoms with E-state index in [2.05, 4.69) is 10.6 Å². The molecule has 0 fully saturated rings. The van der Waals surface area contributed by atoms with Crippen LogP contribution in [0, 0.1) is 5.92 Å². The summed E-state index contributed by atoms with van der Waals surface area (Å²) in [5, 5.41) is 15.3. The number of amides is 1. The highest BCUT2D eigenvalue weighted by Gasteiger charge is 2.08. The van der Waals surface area contributed by atoms with Crippen LogP contribution in [0.1, 0.15) is 20.3 Å². The summed E-state index contributed by atoms with van der Waals surface area (Å²) in [5.74, 6) is 0.320. The van der Waals surface area contributed by atoms with Crippen LogP contribution in [-0.2, 0) is 4.79 Å². The Kier molecular flexibility index (Phi) is 9.00. The van der Waals surface area contributed by atoms with E-state index in [4.69, 9.17) is 0 Å². The van der Waals surface area contributed by atoms with Crippen LogP contribution in [0.5, 0.6) is 0 Å². The molecule has 1 atom stereocenters. The molecule has 1 unspecified atom stereocenters. The van der Waals surface area contributed by atoms with Crippen molar-refractivity contribution in [1.82, 2.24) is 5.32 Å². The summed E-state index contributed by atoms with van der Waals surface area (Å²) in [6.45, 7) is 4.62. The van der Waals surface area contributed by atoms with Gasteiger partial charge < -0.3 is 15.7 Å². The van der Waals surface area contributed by atoms with Gasteiger partial charge in [0, 0.05) is 12.2 Å². The number of carbonyl (C=O) groups is 1. The quantitative estimate of drug-likeness (QED) is 0.719. The van der Waals surface area contributed by atoms with E-state index in [1.165, 1.54) is 0 Å². The number of hydrogen-bond donors (Lipinski definition) is 3. The first-order valence-corrected chi connectivity index (χ1v) is 6.31. The molecule has 4 nitrogen and oxygen atoms in total. The first-order chi connectivity index (χ1) is 8.58. The van der Waals surface area contributed by atoms with Crippen LogP contribution in [0.4, 0.5) is 5.69 Å². The molecule has 0 bridgehead atoms. The topological polar surface area (TPSA) is 61.4 Å². The fraction of sp³-hybridized carbons (Fsp3) is 0.500. The van der Waals surface area contributed by atoms with Crippen LogP contribution in [0.2, 0.25) is 0 Å². The van der Waals surface area contributed by atoms with Gasteiger partial charge in [-0.2, -0.15) is 0 Å². The third-order valence-corrected chi connectivity index (χ3v) is 2.51. The number of carbonyl (C=O) groups excluding carboxylic acids is 1. The lowest BCUT2D eigenvalue weighted by atomic mass is 10.1. The molecule has 5 heteroatoms. The van der Waals surface area contributed by atoms with E-state index in [-0.39, 0.29) is 24.9 Å². The normalized spacial score (nSPS) is 11.6. The molecule has 1 amide bonds. The minimum absolute atomic E-state index is 0. The first-order valence-electron chi connectivity index (χ1n) is 6.31. The molecule has 0 aliphatic rings. The Bertz CT molecular complexity index is 358. The van der Waals surface area contributed by atoms with Gasteiger partial charge in [-0.25, -0.2) is 0 Å². The summed E-state index contributed by atoms with van der Waals surface area (Å²) in [4.78, 5) is 11.5. The Balaban J connectivity index is 0.00000324. The van der Waals surface area contributed by atoms with Crippen molar-refractivity contribution in [3.63, 3.8) is 0 Å². The van der Waals surface area contributed by atoms with Gasteiger partial charge in [0.1, 0.15) is 0 Å². The van der Waals surface area contributed by atoms with Gasteiger partial charge >= 0.3 is 0 Å². The third-order valence-electron chi connectivity index (χ3n) is 2.51. The maximum Gasteiger partial charge on any atom is 0.239 e. The van der Waals surface area contributed by atoms with Crippen LogP contribution in [0.15, 0.2) is 30.3 Å². The van der Waals surface area contributed by atoms with Gasteiger partial charge in [-0.1, -0.05) is 32.0 Å². The van der Waals surface area contributed by atoms with Gasteiger partial charge in [-0.15, -0.1) is 12.4 Å². The number of benzene rings is 1. The molecule has 0 saturated heterocycles. The molecule has 0 saturated carbocycles. The van der Waals surface area contributed by atoms with Crippen molar-refractivity contribution in [2.24, 2.45) is 5.92 Å². The van der Waals surface area contributed by atoms with Gasteiger partial charge in [0.15, 0.2) is 0 Å². The maximum absolute atomic E-state index is 11.5. The number of aliphatic hydroxyl groups is 1. The average Bonchev–Trinajstić information content (AvgIpc) is 2.34. The largest absolute Gasteiger partial charge is 0.391 e. The van der Waals surface area contributed by atoms with E-state index in [0.29, 0.717) is 18.9 Å². The molecule has 3 N–H and O–H groups in total. The molecule has 0 radical (unpaired) electrons. The monoisotopic (exact) mass is 286 g/mol. The van der Waals surface area contributed by atoms with E-state index in [0.717, 1.165) is 5.69 Å². The molecular weight excluding hydrogens is 264 g/mol. The average molecular weight is 287 g/mol. The zero-order valence-electron chi connectivity index (χ0n) is 11.4. The second-order valence-electron chi connectivity index (χ2n) is 4.81. The predicted octanol–water partition coefficient (Wildman–Crippen LogP) is 2.04.